The molecule has 1 atom stereocenters. The fourth-order valence-corrected chi connectivity index (χ4v) is 2.10. The fraction of sp³-hybridized carbons (Fsp3) is 0.600. The molecule has 0 amide bonds. The van der Waals surface area contributed by atoms with E-state index < -0.39 is 0 Å². The second-order valence-corrected chi connectivity index (χ2v) is 5.35. The molecule has 0 heterocycles. The zero-order valence-corrected chi connectivity index (χ0v) is 13.3. The molecule has 0 saturated heterocycles. The summed E-state index contributed by atoms with van der Waals surface area (Å²) in [7, 11) is 1.60. The Morgan fingerprint density at radius 3 is 2.55 bits per heavy atom. The van der Waals surface area contributed by atoms with Crippen LogP contribution in [0, 0.1) is 0 Å². The number of hydrogen-bond donors (Lipinski definition) is 2. The van der Waals surface area contributed by atoms with Crippen molar-refractivity contribution < 1.29 is 14.6 Å². The molecule has 0 unspecified atom stereocenters. The van der Waals surface area contributed by atoms with Gasteiger partial charge in [-0.15, -0.1) is 0 Å². The molecule has 1 aromatic rings. The van der Waals surface area contributed by atoms with Crippen molar-refractivity contribution in [1.29, 1.82) is 0 Å². The molecule has 4 nitrogen and oxygen atoms in total. The number of rotatable bonds is 8. The molecule has 0 aliphatic carbocycles. The summed E-state index contributed by atoms with van der Waals surface area (Å²) in [5.41, 5.74) is 0.995. The minimum Gasteiger partial charge on any atom is -0.493 e. The van der Waals surface area contributed by atoms with Crippen LogP contribution in [0.2, 0.25) is 5.02 Å². The Morgan fingerprint density at radius 2 is 2.05 bits per heavy atom. The van der Waals surface area contributed by atoms with Crippen molar-refractivity contribution in [2.75, 3.05) is 13.7 Å². The first kappa shape index (κ1) is 17.1. The first-order chi connectivity index (χ1) is 9.51. The highest BCUT2D eigenvalue weighted by Crippen LogP contribution is 2.37. The van der Waals surface area contributed by atoms with E-state index in [2.05, 4.69) is 5.32 Å². The number of hydrogen-bond acceptors (Lipinski definition) is 4. The first-order valence-corrected chi connectivity index (χ1v) is 7.26. The minimum absolute atomic E-state index is 0.0317. The summed E-state index contributed by atoms with van der Waals surface area (Å²) in [5, 5.41) is 13.0. The standard InChI is InChI=1S/C15H24ClNO3/c1-5-12(9-18)17-8-11-6-13(16)15(20-10(2)3)14(7-11)19-4/h6-7,10,12,17-18H,5,8-9H2,1-4H3/t12-/m0/s1. The third-order valence-corrected chi connectivity index (χ3v) is 3.23. The van der Waals surface area contributed by atoms with Crippen molar-refractivity contribution in [1.82, 2.24) is 5.32 Å². The second kappa shape index (κ2) is 8.35. The largest absolute Gasteiger partial charge is 0.493 e. The molecule has 0 bridgehead atoms. The molecule has 0 spiro atoms. The molecule has 114 valence electrons. The highest BCUT2D eigenvalue weighted by molar-refractivity contribution is 6.32. The fourth-order valence-electron chi connectivity index (χ4n) is 1.83. The van der Waals surface area contributed by atoms with Crippen molar-refractivity contribution in [3.8, 4) is 11.5 Å². The normalized spacial score (nSPS) is 12.6. The highest BCUT2D eigenvalue weighted by Gasteiger charge is 2.14. The van der Waals surface area contributed by atoms with Gasteiger partial charge in [0.2, 0.25) is 0 Å². The van der Waals surface area contributed by atoms with Crippen molar-refractivity contribution >= 4 is 11.6 Å². The summed E-state index contributed by atoms with van der Waals surface area (Å²) in [5.74, 6) is 1.20. The lowest BCUT2D eigenvalue weighted by Gasteiger charge is -2.18. The molecule has 0 aliphatic rings. The summed E-state index contributed by atoms with van der Waals surface area (Å²) in [4.78, 5) is 0. The van der Waals surface area contributed by atoms with Gasteiger partial charge in [0.05, 0.1) is 24.8 Å². The maximum atomic E-state index is 9.17. The van der Waals surface area contributed by atoms with E-state index in [1.54, 1.807) is 7.11 Å². The molecule has 0 fully saturated rings. The van der Waals surface area contributed by atoms with Gasteiger partial charge in [0.1, 0.15) is 0 Å². The number of methoxy groups -OCH3 is 1. The summed E-state index contributed by atoms with van der Waals surface area (Å²) in [6, 6.07) is 3.85. The predicted molar refractivity (Wildman–Crippen MR) is 81.8 cm³/mol. The monoisotopic (exact) mass is 301 g/mol. The van der Waals surface area contributed by atoms with Gasteiger partial charge in [0, 0.05) is 12.6 Å². The van der Waals surface area contributed by atoms with E-state index in [-0.39, 0.29) is 18.8 Å². The lowest BCUT2D eigenvalue weighted by molar-refractivity contribution is 0.229. The highest BCUT2D eigenvalue weighted by atomic mass is 35.5. The van der Waals surface area contributed by atoms with E-state index in [9.17, 15) is 0 Å². The first-order valence-electron chi connectivity index (χ1n) is 6.89. The topological polar surface area (TPSA) is 50.7 Å². The minimum atomic E-state index is 0.0317. The van der Waals surface area contributed by atoms with Crippen LogP contribution in [0.5, 0.6) is 11.5 Å². The lowest BCUT2D eigenvalue weighted by atomic mass is 10.1. The average molecular weight is 302 g/mol. The van der Waals surface area contributed by atoms with Gasteiger partial charge in [-0.2, -0.15) is 0 Å². The number of nitrogens with one attached hydrogen (secondary N) is 1. The van der Waals surface area contributed by atoms with E-state index in [1.807, 2.05) is 32.9 Å². The number of halogens is 1. The van der Waals surface area contributed by atoms with Crippen molar-refractivity contribution in [2.45, 2.75) is 45.9 Å². The Bertz CT molecular complexity index is 420. The Labute approximate surface area is 126 Å². The zero-order valence-electron chi connectivity index (χ0n) is 12.6. The smallest absolute Gasteiger partial charge is 0.180 e. The molecule has 2 N–H and O–H groups in total. The summed E-state index contributed by atoms with van der Waals surface area (Å²) in [6.45, 7) is 6.66. The molecule has 1 aromatic carbocycles. The van der Waals surface area contributed by atoms with Crippen molar-refractivity contribution in [2.24, 2.45) is 0 Å². The van der Waals surface area contributed by atoms with Gasteiger partial charge in [0.25, 0.3) is 0 Å². The SMILES string of the molecule is CC[C@@H](CO)NCc1cc(Cl)c(OC(C)C)c(OC)c1. The molecule has 0 saturated carbocycles. The molecule has 0 aromatic heterocycles. The predicted octanol–water partition coefficient (Wildman–Crippen LogP) is 3.00. The maximum absolute atomic E-state index is 9.17. The molecular formula is C15H24ClNO3. The second-order valence-electron chi connectivity index (χ2n) is 4.94. The van der Waals surface area contributed by atoms with E-state index in [0.29, 0.717) is 23.1 Å². The van der Waals surface area contributed by atoms with Crippen molar-refractivity contribution in [3.05, 3.63) is 22.7 Å². The van der Waals surface area contributed by atoms with Gasteiger partial charge < -0.3 is 19.9 Å². The van der Waals surface area contributed by atoms with Crippen LogP contribution < -0.4 is 14.8 Å². The summed E-state index contributed by atoms with van der Waals surface area (Å²) in [6.07, 6.45) is 0.903. The molecule has 20 heavy (non-hydrogen) atoms. The Morgan fingerprint density at radius 1 is 1.35 bits per heavy atom. The van der Waals surface area contributed by atoms with Crippen LogP contribution in [0.15, 0.2) is 12.1 Å². The number of benzene rings is 1. The van der Waals surface area contributed by atoms with E-state index in [4.69, 9.17) is 26.2 Å². The molecule has 5 heteroatoms. The van der Waals surface area contributed by atoms with Crippen LogP contribution in [0.25, 0.3) is 0 Å². The molecule has 1 rings (SSSR count). The van der Waals surface area contributed by atoms with E-state index in [0.717, 1.165) is 12.0 Å². The van der Waals surface area contributed by atoms with Gasteiger partial charge in [-0.3, -0.25) is 0 Å². The van der Waals surface area contributed by atoms with Crippen molar-refractivity contribution in [3.63, 3.8) is 0 Å². The van der Waals surface area contributed by atoms with Gasteiger partial charge in [-0.1, -0.05) is 18.5 Å². The van der Waals surface area contributed by atoms with Gasteiger partial charge in [0.15, 0.2) is 11.5 Å². The van der Waals surface area contributed by atoms with Crippen LogP contribution in [0.3, 0.4) is 0 Å². The molecule has 0 aliphatic heterocycles. The molecule has 0 radical (unpaired) electrons. The third kappa shape index (κ3) is 4.85. The third-order valence-electron chi connectivity index (χ3n) is 2.95. The van der Waals surface area contributed by atoms with Crippen LogP contribution >= 0.6 is 11.6 Å². The lowest BCUT2D eigenvalue weighted by Crippen LogP contribution is -2.31. The van der Waals surface area contributed by atoms with Crippen LogP contribution in [-0.2, 0) is 6.54 Å². The number of ether oxygens (including phenoxy) is 2. The van der Waals surface area contributed by atoms with Gasteiger partial charge in [-0.05, 0) is 38.0 Å². The maximum Gasteiger partial charge on any atom is 0.180 e. The Balaban J connectivity index is 2.87. The Kier molecular flexibility index (Phi) is 7.13. The van der Waals surface area contributed by atoms with Crippen LogP contribution in [0.1, 0.15) is 32.8 Å². The quantitative estimate of drug-likeness (QED) is 0.775. The molecular weight excluding hydrogens is 278 g/mol. The average Bonchev–Trinajstić information content (AvgIpc) is 2.42. The Hall–Kier alpha value is -0.970. The van der Waals surface area contributed by atoms with E-state index >= 15 is 0 Å². The van der Waals surface area contributed by atoms with Gasteiger partial charge >= 0.3 is 0 Å². The van der Waals surface area contributed by atoms with Crippen LogP contribution in [-0.4, -0.2) is 31.0 Å². The van der Waals surface area contributed by atoms with E-state index in [1.165, 1.54) is 0 Å². The number of aliphatic hydroxyl groups excluding tert-OH is 1. The van der Waals surface area contributed by atoms with Crippen LogP contribution in [0.4, 0.5) is 0 Å². The number of aliphatic hydroxyl groups is 1. The summed E-state index contributed by atoms with van der Waals surface area (Å²) < 4.78 is 11.0. The van der Waals surface area contributed by atoms with Gasteiger partial charge in [-0.25, -0.2) is 0 Å². The zero-order chi connectivity index (χ0) is 15.1. The summed E-state index contributed by atoms with van der Waals surface area (Å²) >= 11 is 6.26.